The standard InChI is InChI=1S/C74H121NO10/c1-4-7-10-13-16-19-22-25-27-29-31-32-33-34-35-36-37-39-41-44-47-50-53-56-59-62-69(79)85-72-71(81)70(80)68(63-76)84-74(72)83-64-65(66(77)60-57-54-51-48-45-42-24-21-18-15-12-9-6-3)75-73(82)67(78)61-58-55-52-49-46-43-40-38-30-28-26-23-20-17-14-11-8-5-2/h7-8,10-11,16-17,19-20,25-28,31-32,34-35,37-40,46,49,57,60,65-68,70-72,74,76-78,80-81H,4-6,9,12-15,18,21-24,29-30,33,36,41-45,47-48,50-56,58-59,61-64H2,1-3H3,(H,75,82)/b10-7-,11-8-,19-16-,20-17-,27-25-,28-26-,32-31-,35-34-,39-37-,40-38-,49-46-,60-57+. The zero-order chi connectivity index (χ0) is 61.7. The Morgan fingerprint density at radius 1 is 0.471 bits per heavy atom. The zero-order valence-electron chi connectivity index (χ0n) is 53.4. The van der Waals surface area contributed by atoms with Crippen LogP contribution in [0.3, 0.4) is 0 Å². The van der Waals surface area contributed by atoms with E-state index in [9.17, 15) is 35.1 Å². The molecule has 0 aromatic heterocycles. The molecule has 0 saturated carbocycles. The van der Waals surface area contributed by atoms with Gasteiger partial charge >= 0.3 is 5.97 Å². The van der Waals surface area contributed by atoms with Crippen molar-refractivity contribution in [2.24, 2.45) is 0 Å². The van der Waals surface area contributed by atoms with Crippen LogP contribution in [0.1, 0.15) is 245 Å². The van der Waals surface area contributed by atoms with Gasteiger partial charge in [-0.2, -0.15) is 0 Å². The van der Waals surface area contributed by atoms with Crippen molar-refractivity contribution in [1.29, 1.82) is 0 Å². The molecule has 1 aliphatic rings. The van der Waals surface area contributed by atoms with Crippen LogP contribution in [0.2, 0.25) is 0 Å². The zero-order valence-corrected chi connectivity index (χ0v) is 53.4. The Morgan fingerprint density at radius 3 is 1.27 bits per heavy atom. The molecule has 1 saturated heterocycles. The van der Waals surface area contributed by atoms with E-state index in [0.29, 0.717) is 12.8 Å². The highest BCUT2D eigenvalue weighted by atomic mass is 16.7. The Balaban J connectivity index is 2.67. The molecule has 0 aromatic rings. The normalized spacial score (nSPS) is 19.4. The molecule has 0 radical (unpaired) electrons. The maximum absolute atomic E-state index is 13.4. The van der Waals surface area contributed by atoms with Crippen molar-refractivity contribution in [2.75, 3.05) is 13.2 Å². The van der Waals surface area contributed by atoms with Crippen LogP contribution in [0.4, 0.5) is 0 Å². The van der Waals surface area contributed by atoms with E-state index >= 15 is 0 Å². The molecule has 0 bridgehead atoms. The SMILES string of the molecule is CC/C=C\C/C=C\C/C=C\C/C=C\C/C=C\C/C=C\CCCCCCCCC(=O)OC1C(OCC(NC(=O)C(O)CCCC/C=C\C/C=C\C/C=C\C/C=C\C/C=C\CC)C(O)/C=C/CCCCCCCCCCCCC)OC(CO)C(O)C1O. The lowest BCUT2D eigenvalue weighted by atomic mass is 9.99. The monoisotopic (exact) mass is 1180 g/mol. The van der Waals surface area contributed by atoms with Crippen molar-refractivity contribution in [3.63, 3.8) is 0 Å². The van der Waals surface area contributed by atoms with E-state index in [1.165, 1.54) is 51.4 Å². The minimum absolute atomic E-state index is 0.0928. The highest BCUT2D eigenvalue weighted by Crippen LogP contribution is 2.26. The molecule has 0 spiro atoms. The van der Waals surface area contributed by atoms with Gasteiger partial charge in [0, 0.05) is 6.42 Å². The van der Waals surface area contributed by atoms with Gasteiger partial charge in [-0.05, 0) is 122 Å². The molecule has 0 aliphatic carbocycles. The summed E-state index contributed by atoms with van der Waals surface area (Å²) in [6.45, 7) is 5.53. The molecule has 1 aliphatic heterocycles. The van der Waals surface area contributed by atoms with E-state index in [2.05, 4.69) is 160 Å². The third-order valence-electron chi connectivity index (χ3n) is 14.7. The van der Waals surface area contributed by atoms with Gasteiger partial charge < -0.3 is 45.1 Å². The molecule has 8 unspecified atom stereocenters. The van der Waals surface area contributed by atoms with Gasteiger partial charge in [0.25, 0.3) is 0 Å². The molecule has 11 heteroatoms. The van der Waals surface area contributed by atoms with E-state index < -0.39 is 67.4 Å². The Morgan fingerprint density at radius 2 is 0.847 bits per heavy atom. The van der Waals surface area contributed by atoms with E-state index in [1.807, 2.05) is 6.08 Å². The molecule has 8 atom stereocenters. The largest absolute Gasteiger partial charge is 0.454 e. The van der Waals surface area contributed by atoms with Crippen molar-refractivity contribution >= 4 is 11.9 Å². The van der Waals surface area contributed by atoms with Crippen molar-refractivity contribution < 1.29 is 49.3 Å². The summed E-state index contributed by atoms with van der Waals surface area (Å²) in [5.74, 6) is -1.25. The van der Waals surface area contributed by atoms with Crippen LogP contribution >= 0.6 is 0 Å². The summed E-state index contributed by atoms with van der Waals surface area (Å²) >= 11 is 0. The minimum atomic E-state index is -1.64. The number of hydrogen-bond donors (Lipinski definition) is 6. The van der Waals surface area contributed by atoms with E-state index in [0.717, 1.165) is 148 Å². The number of aliphatic hydroxyl groups is 5. The van der Waals surface area contributed by atoms with E-state index in [4.69, 9.17) is 14.2 Å². The quantitative estimate of drug-likeness (QED) is 0.0195. The first-order chi connectivity index (χ1) is 41.7. The van der Waals surface area contributed by atoms with Crippen LogP contribution in [0, 0.1) is 0 Å². The first-order valence-electron chi connectivity index (χ1n) is 33.6. The fraction of sp³-hybridized carbons (Fsp3) is 0.649. The van der Waals surface area contributed by atoms with E-state index in [1.54, 1.807) is 6.08 Å². The van der Waals surface area contributed by atoms with Gasteiger partial charge in [-0.3, -0.25) is 9.59 Å². The molecule has 482 valence electrons. The molecule has 6 N–H and O–H groups in total. The number of carbonyl (C=O) groups is 2. The number of esters is 1. The van der Waals surface area contributed by atoms with Crippen molar-refractivity contribution in [3.8, 4) is 0 Å². The highest BCUT2D eigenvalue weighted by Gasteiger charge is 2.47. The second-order valence-electron chi connectivity index (χ2n) is 22.4. The second kappa shape index (κ2) is 59.9. The van der Waals surface area contributed by atoms with Gasteiger partial charge in [-0.25, -0.2) is 0 Å². The first-order valence-corrected chi connectivity index (χ1v) is 33.6. The number of ether oxygens (including phenoxy) is 3. The Hall–Kier alpha value is -4.46. The number of hydrogen-bond acceptors (Lipinski definition) is 10. The lowest BCUT2D eigenvalue weighted by Crippen LogP contribution is -2.61. The van der Waals surface area contributed by atoms with Crippen molar-refractivity contribution in [3.05, 3.63) is 146 Å². The minimum Gasteiger partial charge on any atom is -0.454 e. The Kier molecular flexibility index (Phi) is 55.3. The fourth-order valence-corrected chi connectivity index (χ4v) is 9.50. The second-order valence-corrected chi connectivity index (χ2v) is 22.4. The highest BCUT2D eigenvalue weighted by molar-refractivity contribution is 5.80. The van der Waals surface area contributed by atoms with Gasteiger partial charge in [-0.15, -0.1) is 0 Å². The summed E-state index contributed by atoms with van der Waals surface area (Å²) < 4.78 is 17.6. The van der Waals surface area contributed by atoms with Crippen LogP contribution < -0.4 is 5.32 Å². The van der Waals surface area contributed by atoms with Crippen molar-refractivity contribution in [2.45, 2.75) is 294 Å². The van der Waals surface area contributed by atoms with Gasteiger partial charge in [-0.1, -0.05) is 263 Å². The van der Waals surface area contributed by atoms with Gasteiger partial charge in [0.05, 0.1) is 25.4 Å². The summed E-state index contributed by atoms with van der Waals surface area (Å²) in [6, 6.07) is -1.06. The summed E-state index contributed by atoms with van der Waals surface area (Å²) in [6.07, 6.45) is 75.9. The fourth-order valence-electron chi connectivity index (χ4n) is 9.50. The average Bonchev–Trinajstić information content (AvgIpc) is 3.34. The summed E-state index contributed by atoms with van der Waals surface area (Å²) in [7, 11) is 0. The third kappa shape index (κ3) is 47.3. The lowest BCUT2D eigenvalue weighted by molar-refractivity contribution is -0.305. The molecule has 11 nitrogen and oxygen atoms in total. The summed E-state index contributed by atoms with van der Waals surface area (Å²) in [5.41, 5.74) is 0. The number of nitrogens with one attached hydrogen (secondary N) is 1. The van der Waals surface area contributed by atoms with E-state index in [-0.39, 0.29) is 19.4 Å². The number of allylic oxidation sites excluding steroid dienone is 23. The molecule has 0 aromatic carbocycles. The van der Waals surface area contributed by atoms with Gasteiger partial charge in [0.1, 0.15) is 24.4 Å². The molecule has 1 heterocycles. The summed E-state index contributed by atoms with van der Waals surface area (Å²) in [5, 5.41) is 57.1. The Labute approximate surface area is 517 Å². The lowest BCUT2D eigenvalue weighted by Gasteiger charge is -2.41. The molecular weight excluding hydrogens is 1060 g/mol. The van der Waals surface area contributed by atoms with Crippen molar-refractivity contribution in [1.82, 2.24) is 5.32 Å². The van der Waals surface area contributed by atoms with Crippen LogP contribution in [-0.2, 0) is 23.8 Å². The number of carbonyl (C=O) groups excluding carboxylic acids is 2. The van der Waals surface area contributed by atoms with Crippen LogP contribution in [-0.4, -0.2) is 99.6 Å². The smallest absolute Gasteiger partial charge is 0.306 e. The predicted octanol–water partition coefficient (Wildman–Crippen LogP) is 16.9. The maximum Gasteiger partial charge on any atom is 0.306 e. The van der Waals surface area contributed by atoms with Crippen LogP contribution in [0.25, 0.3) is 0 Å². The summed E-state index contributed by atoms with van der Waals surface area (Å²) in [4.78, 5) is 26.6. The first kappa shape index (κ1) is 78.6. The predicted molar refractivity (Wildman–Crippen MR) is 356 cm³/mol. The molecule has 85 heavy (non-hydrogen) atoms. The maximum atomic E-state index is 13.4. The molecular formula is C74H121NO10. The number of unbranched alkanes of at least 4 members (excludes halogenated alkanes) is 19. The molecule has 1 rings (SSSR count). The molecule has 1 amide bonds. The topological polar surface area (TPSA) is 175 Å². The van der Waals surface area contributed by atoms with Gasteiger partial charge in [0.2, 0.25) is 5.91 Å². The average molecular weight is 1180 g/mol. The molecule has 1 fully saturated rings. The number of aliphatic hydroxyl groups excluding tert-OH is 5. The number of rotatable bonds is 55. The van der Waals surface area contributed by atoms with Crippen LogP contribution in [0.15, 0.2) is 146 Å². The Bertz CT molecular complexity index is 1940. The number of amides is 1. The van der Waals surface area contributed by atoms with Crippen LogP contribution in [0.5, 0.6) is 0 Å². The van der Waals surface area contributed by atoms with Gasteiger partial charge in [0.15, 0.2) is 12.4 Å². The third-order valence-corrected chi connectivity index (χ3v) is 14.7.